The lowest BCUT2D eigenvalue weighted by molar-refractivity contribution is -0.158. The zero-order valence-electron chi connectivity index (χ0n) is 13.4. The molecule has 21 heavy (non-hydrogen) atoms. The van der Waals surface area contributed by atoms with E-state index in [0.717, 1.165) is 25.7 Å². The van der Waals surface area contributed by atoms with Crippen molar-refractivity contribution in [1.29, 1.82) is 0 Å². The van der Waals surface area contributed by atoms with Crippen LogP contribution in [0.2, 0.25) is 0 Å². The summed E-state index contributed by atoms with van der Waals surface area (Å²) in [6.07, 6.45) is 2.24. The highest BCUT2D eigenvalue weighted by molar-refractivity contribution is 7.48. The number of ether oxygens (including phenoxy) is 1. The lowest BCUT2D eigenvalue weighted by Crippen LogP contribution is -2.19. The molecule has 0 aromatic rings. The number of hydrogen-bond donors (Lipinski definition) is 0. The second kappa shape index (κ2) is 11.0. The molecule has 1 unspecified atom stereocenters. The summed E-state index contributed by atoms with van der Waals surface area (Å²) in [7, 11) is -3.73. The standard InChI is InChI=1S/C14H27O6P/c1-6-8-10-17-21(16,18-11-9-7-2)20-13(5)19-14(15)12(3)4/h13H,3,6-11H2,1-2,4-5H3. The third kappa shape index (κ3) is 9.80. The molecule has 0 spiro atoms. The van der Waals surface area contributed by atoms with Crippen LogP contribution in [0.3, 0.4) is 0 Å². The fraction of sp³-hybridized carbons (Fsp3) is 0.786. The van der Waals surface area contributed by atoms with Gasteiger partial charge in [-0.15, -0.1) is 0 Å². The van der Waals surface area contributed by atoms with Crippen molar-refractivity contribution >= 4 is 13.8 Å². The number of carbonyl (C=O) groups is 1. The van der Waals surface area contributed by atoms with Crippen molar-refractivity contribution in [2.24, 2.45) is 0 Å². The first kappa shape index (κ1) is 20.3. The molecule has 124 valence electrons. The first-order valence-corrected chi connectivity index (χ1v) is 8.74. The van der Waals surface area contributed by atoms with Gasteiger partial charge in [0.05, 0.1) is 13.2 Å². The van der Waals surface area contributed by atoms with E-state index in [1.54, 1.807) is 0 Å². The quantitative estimate of drug-likeness (QED) is 0.176. The Morgan fingerprint density at radius 2 is 1.62 bits per heavy atom. The van der Waals surface area contributed by atoms with Gasteiger partial charge < -0.3 is 4.74 Å². The molecule has 0 fully saturated rings. The summed E-state index contributed by atoms with van der Waals surface area (Å²) >= 11 is 0. The summed E-state index contributed by atoms with van der Waals surface area (Å²) in [6.45, 7) is 11.0. The topological polar surface area (TPSA) is 71.1 Å². The molecule has 0 aliphatic heterocycles. The SMILES string of the molecule is C=C(C)C(=O)OC(C)OP(=O)(OCCCC)OCCCC. The number of phosphoric ester groups is 1. The molecule has 0 heterocycles. The number of unbranched alkanes of at least 4 members (excludes halogenated alkanes) is 2. The molecule has 0 amide bonds. The molecule has 0 radical (unpaired) electrons. The van der Waals surface area contributed by atoms with E-state index < -0.39 is 20.1 Å². The van der Waals surface area contributed by atoms with Crippen LogP contribution in [-0.2, 0) is 27.7 Å². The zero-order valence-corrected chi connectivity index (χ0v) is 14.3. The molecule has 0 rings (SSSR count). The third-order valence-corrected chi connectivity index (χ3v) is 3.95. The Bertz CT molecular complexity index is 354. The maximum absolute atomic E-state index is 12.4. The second-order valence-corrected chi connectivity index (χ2v) is 6.30. The molecule has 1 atom stereocenters. The third-order valence-electron chi connectivity index (χ3n) is 2.39. The van der Waals surface area contributed by atoms with Crippen LogP contribution in [0.15, 0.2) is 12.2 Å². The minimum Gasteiger partial charge on any atom is -0.432 e. The molecule has 0 aliphatic carbocycles. The molecule has 0 bridgehead atoms. The number of phosphoric acid groups is 1. The van der Waals surface area contributed by atoms with E-state index in [9.17, 15) is 9.36 Å². The predicted molar refractivity (Wildman–Crippen MR) is 80.8 cm³/mol. The van der Waals surface area contributed by atoms with Gasteiger partial charge in [0.25, 0.3) is 0 Å². The Morgan fingerprint density at radius 1 is 1.14 bits per heavy atom. The molecule has 0 aliphatic rings. The van der Waals surface area contributed by atoms with Gasteiger partial charge in [0.2, 0.25) is 6.29 Å². The van der Waals surface area contributed by atoms with E-state index >= 15 is 0 Å². The molecular formula is C14H27O6P. The van der Waals surface area contributed by atoms with Crippen molar-refractivity contribution in [3.05, 3.63) is 12.2 Å². The van der Waals surface area contributed by atoms with Crippen LogP contribution in [0, 0.1) is 0 Å². The molecule has 0 saturated carbocycles. The number of rotatable bonds is 12. The average Bonchev–Trinajstić information content (AvgIpc) is 2.38. The summed E-state index contributed by atoms with van der Waals surface area (Å²) in [5.41, 5.74) is 0.235. The van der Waals surface area contributed by atoms with Crippen LogP contribution in [-0.4, -0.2) is 25.5 Å². The Labute approximate surface area is 127 Å². The van der Waals surface area contributed by atoms with Crippen LogP contribution < -0.4 is 0 Å². The van der Waals surface area contributed by atoms with Crippen LogP contribution in [0.1, 0.15) is 53.4 Å². The van der Waals surface area contributed by atoms with Crippen molar-refractivity contribution in [3.63, 3.8) is 0 Å². The van der Waals surface area contributed by atoms with Crippen molar-refractivity contribution < 1.29 is 27.7 Å². The van der Waals surface area contributed by atoms with Gasteiger partial charge in [-0.25, -0.2) is 13.9 Å². The molecule has 7 heteroatoms. The first-order valence-electron chi connectivity index (χ1n) is 7.28. The number of esters is 1. The molecule has 6 nitrogen and oxygen atoms in total. The maximum atomic E-state index is 12.4. The van der Waals surface area contributed by atoms with Gasteiger partial charge in [0.15, 0.2) is 0 Å². The Hall–Kier alpha value is -0.680. The van der Waals surface area contributed by atoms with Crippen molar-refractivity contribution in [3.8, 4) is 0 Å². The van der Waals surface area contributed by atoms with Gasteiger partial charge in [-0.2, -0.15) is 0 Å². The van der Waals surface area contributed by atoms with E-state index in [2.05, 4.69) is 6.58 Å². The van der Waals surface area contributed by atoms with Gasteiger partial charge in [-0.1, -0.05) is 33.3 Å². The summed E-state index contributed by atoms with van der Waals surface area (Å²) in [5.74, 6) is -0.615. The summed E-state index contributed by atoms with van der Waals surface area (Å²) < 4.78 is 33.0. The molecule has 0 N–H and O–H groups in total. The van der Waals surface area contributed by atoms with Crippen LogP contribution >= 0.6 is 7.82 Å². The Balaban J connectivity index is 4.52. The zero-order chi connectivity index (χ0) is 16.3. The monoisotopic (exact) mass is 322 g/mol. The Morgan fingerprint density at radius 3 is 2.00 bits per heavy atom. The summed E-state index contributed by atoms with van der Waals surface area (Å²) in [4.78, 5) is 11.4. The van der Waals surface area contributed by atoms with Gasteiger partial charge in [0, 0.05) is 5.57 Å². The lowest BCUT2D eigenvalue weighted by Gasteiger charge is -2.21. The summed E-state index contributed by atoms with van der Waals surface area (Å²) in [5, 5.41) is 0. The average molecular weight is 322 g/mol. The van der Waals surface area contributed by atoms with E-state index in [1.165, 1.54) is 13.8 Å². The minimum atomic E-state index is -3.73. The smallest absolute Gasteiger partial charge is 0.432 e. The molecule has 0 aromatic carbocycles. The van der Waals surface area contributed by atoms with Crippen molar-refractivity contribution in [2.45, 2.75) is 59.7 Å². The lowest BCUT2D eigenvalue weighted by atomic mass is 10.4. The predicted octanol–water partition coefficient (Wildman–Crippen LogP) is 4.21. The van der Waals surface area contributed by atoms with Crippen molar-refractivity contribution in [1.82, 2.24) is 0 Å². The molecule has 0 aromatic heterocycles. The fourth-order valence-electron chi connectivity index (χ4n) is 1.19. The second-order valence-electron chi connectivity index (χ2n) is 4.68. The normalized spacial score (nSPS) is 13.0. The van der Waals surface area contributed by atoms with E-state index in [0.29, 0.717) is 0 Å². The van der Waals surface area contributed by atoms with Gasteiger partial charge in [0.1, 0.15) is 0 Å². The van der Waals surface area contributed by atoms with E-state index in [4.69, 9.17) is 18.3 Å². The largest absolute Gasteiger partial charge is 0.477 e. The minimum absolute atomic E-state index is 0.235. The van der Waals surface area contributed by atoms with E-state index in [-0.39, 0.29) is 18.8 Å². The Kier molecular flexibility index (Phi) is 10.6. The van der Waals surface area contributed by atoms with Gasteiger partial charge in [-0.3, -0.25) is 9.05 Å². The van der Waals surface area contributed by atoms with Gasteiger partial charge >= 0.3 is 13.8 Å². The number of hydrogen-bond acceptors (Lipinski definition) is 6. The van der Waals surface area contributed by atoms with Crippen molar-refractivity contribution in [2.75, 3.05) is 13.2 Å². The van der Waals surface area contributed by atoms with Crippen LogP contribution in [0.25, 0.3) is 0 Å². The highest BCUT2D eigenvalue weighted by Crippen LogP contribution is 2.51. The van der Waals surface area contributed by atoms with Crippen LogP contribution in [0.4, 0.5) is 0 Å². The highest BCUT2D eigenvalue weighted by atomic mass is 31.2. The molecule has 0 saturated heterocycles. The summed E-state index contributed by atoms with van der Waals surface area (Å²) in [6, 6.07) is 0. The number of carbonyl (C=O) groups excluding carboxylic acids is 1. The fourth-order valence-corrected chi connectivity index (χ4v) is 2.50. The first-order chi connectivity index (χ1) is 9.84. The highest BCUT2D eigenvalue weighted by Gasteiger charge is 2.30. The molecular weight excluding hydrogens is 295 g/mol. The van der Waals surface area contributed by atoms with Gasteiger partial charge in [-0.05, 0) is 26.7 Å². The maximum Gasteiger partial charge on any atom is 0.477 e. The van der Waals surface area contributed by atoms with E-state index in [1.807, 2.05) is 13.8 Å². The van der Waals surface area contributed by atoms with Crippen LogP contribution in [0.5, 0.6) is 0 Å².